The highest BCUT2D eigenvalue weighted by molar-refractivity contribution is 7.92. The second-order valence-electron chi connectivity index (χ2n) is 8.69. The first kappa shape index (κ1) is 21.4. The van der Waals surface area contributed by atoms with Gasteiger partial charge < -0.3 is 10.2 Å². The maximum absolute atomic E-state index is 13.3. The van der Waals surface area contributed by atoms with Gasteiger partial charge in [-0.25, -0.2) is 8.42 Å². The van der Waals surface area contributed by atoms with Crippen molar-refractivity contribution in [3.63, 3.8) is 0 Å². The van der Waals surface area contributed by atoms with Gasteiger partial charge in [0, 0.05) is 17.0 Å². The predicted octanol–water partition coefficient (Wildman–Crippen LogP) is 2.71. The van der Waals surface area contributed by atoms with E-state index in [1.807, 2.05) is 6.92 Å². The Morgan fingerprint density at radius 3 is 2.43 bits per heavy atom. The Kier molecular flexibility index (Phi) is 5.08. The van der Waals surface area contributed by atoms with Crippen molar-refractivity contribution >= 4 is 44.9 Å². The lowest BCUT2D eigenvalue weighted by atomic mass is 10.1. The number of hydrogen-bond acceptors (Lipinski definition) is 5. The molecule has 1 saturated heterocycles. The third-order valence-corrected chi connectivity index (χ3v) is 9.16. The van der Waals surface area contributed by atoms with E-state index in [4.69, 9.17) is 23.2 Å². The normalized spacial score (nSPS) is 26.0. The van der Waals surface area contributed by atoms with Crippen LogP contribution in [0.25, 0.3) is 0 Å². The molecular weight excluding hydrogens is 449 g/mol. The summed E-state index contributed by atoms with van der Waals surface area (Å²) < 4.78 is 26.5. The van der Waals surface area contributed by atoms with E-state index < -0.39 is 38.0 Å². The monoisotopic (exact) mass is 469 g/mol. The summed E-state index contributed by atoms with van der Waals surface area (Å²) >= 11 is 12.0. The van der Waals surface area contributed by atoms with E-state index in [0.717, 1.165) is 0 Å². The fraction of sp³-hybridized carbons (Fsp3) is 0.550. The first-order valence-electron chi connectivity index (χ1n) is 9.75. The molecule has 0 unspecified atom stereocenters. The van der Waals surface area contributed by atoms with Gasteiger partial charge in [0.1, 0.15) is 11.6 Å². The smallest absolute Gasteiger partial charge is 0.244 e. The number of carbonyl (C=O) groups is 2. The molecule has 1 aliphatic heterocycles. The number of nitrogens with zero attached hydrogens (tertiary/aromatic N) is 2. The molecule has 7 nitrogen and oxygen atoms in total. The van der Waals surface area contributed by atoms with Crippen LogP contribution in [-0.2, 0) is 19.4 Å². The Labute approximate surface area is 185 Å². The molecule has 0 aromatic heterocycles. The highest BCUT2D eigenvalue weighted by Gasteiger charge is 2.55. The van der Waals surface area contributed by atoms with Crippen molar-refractivity contribution in [2.24, 2.45) is 5.41 Å². The molecule has 2 amide bonds. The van der Waals surface area contributed by atoms with E-state index >= 15 is 0 Å². The minimum absolute atomic E-state index is 0.00356. The van der Waals surface area contributed by atoms with Crippen LogP contribution in [-0.4, -0.2) is 48.5 Å². The van der Waals surface area contributed by atoms with E-state index in [9.17, 15) is 23.3 Å². The van der Waals surface area contributed by atoms with Crippen LogP contribution in [0.5, 0.6) is 0 Å². The third-order valence-electron chi connectivity index (χ3n) is 6.31. The highest BCUT2D eigenvalue weighted by Crippen LogP contribution is 2.48. The van der Waals surface area contributed by atoms with Gasteiger partial charge in [-0.2, -0.15) is 5.26 Å². The van der Waals surface area contributed by atoms with Crippen LogP contribution in [0.1, 0.15) is 39.0 Å². The van der Waals surface area contributed by atoms with E-state index in [2.05, 4.69) is 11.4 Å². The summed E-state index contributed by atoms with van der Waals surface area (Å²) in [6.07, 6.45) is 2.47. The van der Waals surface area contributed by atoms with Crippen LogP contribution < -0.4 is 5.32 Å². The number of likely N-dealkylation sites (tertiary alicyclic amines) is 1. The van der Waals surface area contributed by atoms with Gasteiger partial charge in [-0.15, -0.1) is 0 Å². The van der Waals surface area contributed by atoms with Gasteiger partial charge in [-0.1, -0.05) is 30.1 Å². The van der Waals surface area contributed by atoms with E-state index in [-0.39, 0.29) is 28.8 Å². The highest BCUT2D eigenvalue weighted by atomic mass is 35.5. The Morgan fingerprint density at radius 1 is 1.23 bits per heavy atom. The first-order valence-corrected chi connectivity index (χ1v) is 12.0. The Morgan fingerprint density at radius 2 is 1.90 bits per heavy atom. The minimum atomic E-state index is -3.91. The summed E-state index contributed by atoms with van der Waals surface area (Å²) in [7, 11) is -3.91. The lowest BCUT2D eigenvalue weighted by Gasteiger charge is -2.27. The Bertz CT molecular complexity index is 1070. The predicted molar refractivity (Wildman–Crippen MR) is 111 cm³/mol. The van der Waals surface area contributed by atoms with Crippen LogP contribution in [0.2, 0.25) is 10.0 Å². The van der Waals surface area contributed by atoms with Crippen LogP contribution >= 0.6 is 23.2 Å². The minimum Gasteiger partial charge on any atom is -0.336 e. The van der Waals surface area contributed by atoms with Crippen molar-refractivity contribution in [2.45, 2.75) is 60.8 Å². The largest absolute Gasteiger partial charge is 0.336 e. The molecule has 2 aliphatic carbocycles. The van der Waals surface area contributed by atoms with Crippen molar-refractivity contribution in [1.29, 1.82) is 5.26 Å². The number of carbonyl (C=O) groups excluding carboxylic acids is 2. The number of benzene rings is 1. The van der Waals surface area contributed by atoms with Crippen molar-refractivity contribution in [1.82, 2.24) is 10.2 Å². The lowest BCUT2D eigenvalue weighted by Crippen LogP contribution is -2.50. The molecular formula is C20H21Cl2N3O4S. The zero-order valence-electron chi connectivity index (χ0n) is 16.3. The molecule has 3 aliphatic rings. The van der Waals surface area contributed by atoms with Gasteiger partial charge in [0.25, 0.3) is 0 Å². The summed E-state index contributed by atoms with van der Waals surface area (Å²) in [5.74, 6) is -0.698. The van der Waals surface area contributed by atoms with Crippen molar-refractivity contribution in [2.75, 3.05) is 6.54 Å². The van der Waals surface area contributed by atoms with Crippen molar-refractivity contribution in [3.8, 4) is 6.07 Å². The van der Waals surface area contributed by atoms with Gasteiger partial charge in [0.15, 0.2) is 9.84 Å². The van der Waals surface area contributed by atoms with Gasteiger partial charge in [0.05, 0.1) is 21.2 Å². The van der Waals surface area contributed by atoms with Crippen molar-refractivity contribution < 1.29 is 18.0 Å². The van der Waals surface area contributed by atoms with Crippen LogP contribution in [0.15, 0.2) is 23.1 Å². The lowest BCUT2D eigenvalue weighted by molar-refractivity contribution is -0.142. The molecule has 2 saturated carbocycles. The summed E-state index contributed by atoms with van der Waals surface area (Å²) in [5, 5.41) is 11.3. The zero-order chi connectivity index (χ0) is 21.9. The third kappa shape index (κ3) is 3.68. The van der Waals surface area contributed by atoms with Gasteiger partial charge in [-0.05, 0) is 50.3 Å². The molecule has 160 valence electrons. The fourth-order valence-electron chi connectivity index (χ4n) is 3.84. The van der Waals surface area contributed by atoms with Crippen LogP contribution in [0.4, 0.5) is 0 Å². The van der Waals surface area contributed by atoms with E-state index in [1.165, 1.54) is 23.1 Å². The molecule has 2 atom stereocenters. The molecule has 30 heavy (non-hydrogen) atoms. The fourth-order valence-corrected chi connectivity index (χ4v) is 6.31. The summed E-state index contributed by atoms with van der Waals surface area (Å²) in [5.41, 5.74) is -1.45. The quantitative estimate of drug-likeness (QED) is 0.712. The Balaban J connectivity index is 1.63. The van der Waals surface area contributed by atoms with Crippen LogP contribution in [0.3, 0.4) is 0 Å². The van der Waals surface area contributed by atoms with E-state index in [0.29, 0.717) is 30.7 Å². The molecule has 0 bridgehead atoms. The molecule has 1 aromatic carbocycles. The van der Waals surface area contributed by atoms with Gasteiger partial charge >= 0.3 is 0 Å². The average molecular weight is 470 g/mol. The number of nitriles is 1. The molecule has 4 rings (SSSR count). The number of sulfone groups is 1. The van der Waals surface area contributed by atoms with Crippen molar-refractivity contribution in [3.05, 3.63) is 28.2 Å². The Hall–Kier alpha value is -1.82. The van der Waals surface area contributed by atoms with Gasteiger partial charge in [-0.3, -0.25) is 9.59 Å². The first-order chi connectivity index (χ1) is 14.0. The average Bonchev–Trinajstić information content (AvgIpc) is 3.58. The van der Waals surface area contributed by atoms with Crippen LogP contribution in [0, 0.1) is 16.7 Å². The summed E-state index contributed by atoms with van der Waals surface area (Å²) in [4.78, 5) is 27.3. The molecule has 1 heterocycles. The number of hydrogen-bond donors (Lipinski definition) is 1. The van der Waals surface area contributed by atoms with Gasteiger partial charge in [0.2, 0.25) is 11.8 Å². The number of amides is 2. The second-order valence-corrected chi connectivity index (χ2v) is 11.7. The summed E-state index contributed by atoms with van der Waals surface area (Å²) in [6, 6.07) is 5.29. The number of nitrogens with one attached hydrogen (secondary N) is 1. The second kappa shape index (κ2) is 7.11. The molecule has 1 aromatic rings. The zero-order valence-corrected chi connectivity index (χ0v) is 18.6. The molecule has 3 fully saturated rings. The molecule has 1 N–H and O–H groups in total. The topological polar surface area (TPSA) is 107 Å². The maximum atomic E-state index is 13.3. The molecule has 10 heteroatoms. The SMILES string of the molecule is CC1(C(=O)N2C[C@H](S(=O)(=O)c3ccc(Cl)cc3Cl)C[C@H]2C(=O)NC2(C#N)CC2)CC1. The standard InChI is InChI=1S/C20H21Cl2N3O4S/c1-19(4-5-19)18(27)25-10-13(9-15(25)17(26)24-20(11-23)6-7-20)30(28,29)16-3-2-12(21)8-14(16)22/h2-3,8,13,15H,4-7,9-10H2,1H3,(H,24,26)/t13-,15+/m1/s1. The number of rotatable bonds is 5. The number of halogens is 2. The molecule has 0 radical (unpaired) electrons. The van der Waals surface area contributed by atoms with E-state index in [1.54, 1.807) is 0 Å². The summed E-state index contributed by atoms with van der Waals surface area (Å²) in [6.45, 7) is 1.73. The maximum Gasteiger partial charge on any atom is 0.244 e. The molecule has 0 spiro atoms.